The molecule has 1 fully saturated rings. The second-order valence-electron chi connectivity index (χ2n) is 5.20. The number of likely N-dealkylation sites (N-methyl/N-ethyl adjacent to an activating group) is 1. The Morgan fingerprint density at radius 2 is 2.37 bits per heavy atom. The van der Waals surface area contributed by atoms with Crippen molar-refractivity contribution in [3.63, 3.8) is 0 Å². The molecule has 1 aliphatic rings. The van der Waals surface area contributed by atoms with Gasteiger partial charge in [0.1, 0.15) is 0 Å². The van der Waals surface area contributed by atoms with E-state index in [0.29, 0.717) is 11.9 Å². The summed E-state index contributed by atoms with van der Waals surface area (Å²) in [5.74, 6) is 1.32. The molecule has 1 aromatic rings. The van der Waals surface area contributed by atoms with Crippen LogP contribution in [0, 0.1) is 0 Å². The molecule has 5 nitrogen and oxygen atoms in total. The second-order valence-corrected chi connectivity index (χ2v) is 6.85. The van der Waals surface area contributed by atoms with Crippen LogP contribution in [0.1, 0.15) is 37.9 Å². The number of aromatic nitrogens is 2. The van der Waals surface area contributed by atoms with Gasteiger partial charge in [0.05, 0.1) is 6.54 Å². The van der Waals surface area contributed by atoms with Crippen LogP contribution in [0.5, 0.6) is 0 Å². The molecule has 1 aliphatic heterocycles. The first kappa shape index (κ1) is 14.9. The Kier molecular flexibility index (Phi) is 5.35. The summed E-state index contributed by atoms with van der Waals surface area (Å²) in [6, 6.07) is 0.586. The zero-order chi connectivity index (χ0) is 13.8. The minimum atomic E-state index is 0.551. The second kappa shape index (κ2) is 6.81. The van der Waals surface area contributed by atoms with Crippen molar-refractivity contribution in [2.45, 2.75) is 38.8 Å². The molecule has 0 amide bonds. The van der Waals surface area contributed by atoms with E-state index in [1.165, 1.54) is 19.3 Å². The van der Waals surface area contributed by atoms with Gasteiger partial charge in [-0.25, -0.2) is 3.11 Å². The topological polar surface area (TPSA) is 45.4 Å². The summed E-state index contributed by atoms with van der Waals surface area (Å²) in [4.78, 5) is 6.85. The zero-order valence-corrected chi connectivity index (χ0v) is 13.8. The van der Waals surface area contributed by atoms with Crippen molar-refractivity contribution < 1.29 is 4.52 Å². The molecule has 0 saturated carbocycles. The van der Waals surface area contributed by atoms with Crippen molar-refractivity contribution in [3.8, 4) is 0 Å². The van der Waals surface area contributed by atoms with Gasteiger partial charge >= 0.3 is 0 Å². The fourth-order valence-corrected chi connectivity index (χ4v) is 2.89. The van der Waals surface area contributed by atoms with E-state index in [1.807, 2.05) is 6.92 Å². The smallest absolute Gasteiger partial charge is 0.253 e. The van der Waals surface area contributed by atoms with Crippen LogP contribution in [-0.2, 0) is 6.54 Å². The number of halogens is 1. The largest absolute Gasteiger partial charge is 0.334 e. The van der Waals surface area contributed by atoms with E-state index in [2.05, 4.69) is 54.6 Å². The Balaban J connectivity index is 1.99. The third-order valence-corrected chi connectivity index (χ3v) is 3.78. The molecule has 6 heteroatoms. The molecule has 0 radical (unpaired) electrons. The van der Waals surface area contributed by atoms with E-state index in [1.54, 1.807) is 0 Å². The van der Waals surface area contributed by atoms with Gasteiger partial charge in [-0.2, -0.15) is 4.98 Å². The average Bonchev–Trinajstić information content (AvgIpc) is 2.80. The molecular formula is C13H21IN4O. The van der Waals surface area contributed by atoms with Gasteiger partial charge in [-0.05, 0) is 33.4 Å². The summed E-state index contributed by atoms with van der Waals surface area (Å²) in [5.41, 5.74) is 0.820. The van der Waals surface area contributed by atoms with Crippen LogP contribution in [0.25, 0.3) is 5.57 Å². The summed E-state index contributed by atoms with van der Waals surface area (Å²) in [6.45, 7) is 8.67. The average molecular weight is 376 g/mol. The maximum absolute atomic E-state index is 5.18. The molecule has 0 spiro atoms. The van der Waals surface area contributed by atoms with E-state index in [-0.39, 0.29) is 0 Å². The minimum Gasteiger partial charge on any atom is -0.334 e. The molecule has 0 N–H and O–H groups in total. The molecule has 0 aliphatic carbocycles. The van der Waals surface area contributed by atoms with Crippen molar-refractivity contribution in [1.29, 1.82) is 0 Å². The fourth-order valence-electron chi connectivity index (χ4n) is 2.44. The first-order chi connectivity index (χ1) is 9.06. The standard InChI is InChI=1S/C13H21IN4O/c1-10(2)13-15-12(16-19-13)9-18-7-5-4-6-11(18)8-17(3)14/h11H,1,4-9H2,2-3H3. The van der Waals surface area contributed by atoms with Crippen LogP contribution in [0.15, 0.2) is 11.1 Å². The molecule has 1 aromatic heterocycles. The molecular weight excluding hydrogens is 355 g/mol. The Labute approximate surface area is 128 Å². The van der Waals surface area contributed by atoms with Crippen LogP contribution < -0.4 is 0 Å². The van der Waals surface area contributed by atoms with Gasteiger partial charge in [0.25, 0.3) is 5.89 Å². The summed E-state index contributed by atoms with van der Waals surface area (Å²) in [5, 5.41) is 4.04. The number of likely N-dealkylation sites (tertiary alicyclic amines) is 1. The van der Waals surface area contributed by atoms with Gasteiger partial charge in [-0.1, -0.05) is 18.2 Å². The first-order valence-electron chi connectivity index (χ1n) is 6.65. The highest BCUT2D eigenvalue weighted by Gasteiger charge is 2.24. The van der Waals surface area contributed by atoms with Crippen molar-refractivity contribution in [2.24, 2.45) is 0 Å². The number of rotatable bonds is 5. The Hall–Kier alpha value is -0.470. The highest BCUT2D eigenvalue weighted by atomic mass is 127. The summed E-state index contributed by atoms with van der Waals surface area (Å²) < 4.78 is 7.40. The van der Waals surface area contributed by atoms with Crippen LogP contribution in [0.3, 0.4) is 0 Å². The van der Waals surface area contributed by atoms with Crippen molar-refractivity contribution in [2.75, 3.05) is 20.1 Å². The lowest BCUT2D eigenvalue weighted by Gasteiger charge is -2.35. The van der Waals surface area contributed by atoms with Gasteiger partial charge < -0.3 is 4.52 Å². The van der Waals surface area contributed by atoms with Crippen LogP contribution in [-0.4, -0.2) is 44.3 Å². The Morgan fingerprint density at radius 3 is 3.00 bits per heavy atom. The van der Waals surface area contributed by atoms with E-state index in [9.17, 15) is 0 Å². The number of hydrogen-bond donors (Lipinski definition) is 0. The minimum absolute atomic E-state index is 0.551. The number of nitrogens with zero attached hydrogens (tertiary/aromatic N) is 4. The Morgan fingerprint density at radius 1 is 1.58 bits per heavy atom. The van der Waals surface area contributed by atoms with Crippen LogP contribution in [0.4, 0.5) is 0 Å². The van der Waals surface area contributed by atoms with Gasteiger partial charge in [-0.3, -0.25) is 4.90 Å². The Bertz CT molecular complexity index is 432. The molecule has 1 saturated heterocycles. The molecule has 19 heavy (non-hydrogen) atoms. The van der Waals surface area contributed by atoms with Crippen LogP contribution in [0.2, 0.25) is 0 Å². The highest BCUT2D eigenvalue weighted by Crippen LogP contribution is 2.20. The molecule has 2 rings (SSSR count). The van der Waals surface area contributed by atoms with Crippen molar-refractivity contribution in [3.05, 3.63) is 18.3 Å². The molecule has 106 valence electrons. The summed E-state index contributed by atoms with van der Waals surface area (Å²) >= 11 is 2.34. The normalized spacial score (nSPS) is 20.9. The number of allylic oxidation sites excluding steroid dienone is 1. The molecule has 0 aromatic carbocycles. The summed E-state index contributed by atoms with van der Waals surface area (Å²) in [6.07, 6.45) is 3.82. The third-order valence-electron chi connectivity index (χ3n) is 3.39. The van der Waals surface area contributed by atoms with Gasteiger partial charge in [0.15, 0.2) is 5.82 Å². The van der Waals surface area contributed by atoms with E-state index < -0.39 is 0 Å². The lowest BCUT2D eigenvalue weighted by atomic mass is 10.0. The van der Waals surface area contributed by atoms with Crippen molar-refractivity contribution in [1.82, 2.24) is 18.2 Å². The van der Waals surface area contributed by atoms with Gasteiger partial charge in [0, 0.05) is 41.0 Å². The number of piperidine rings is 1. The van der Waals surface area contributed by atoms with Crippen molar-refractivity contribution >= 4 is 28.4 Å². The molecule has 0 bridgehead atoms. The SMILES string of the molecule is C=C(C)c1nc(CN2CCCCC2CN(C)I)no1. The highest BCUT2D eigenvalue weighted by molar-refractivity contribution is 14.1. The quantitative estimate of drug-likeness (QED) is 0.584. The maximum Gasteiger partial charge on any atom is 0.253 e. The first-order valence-corrected chi connectivity index (χ1v) is 7.62. The van der Waals surface area contributed by atoms with Gasteiger partial charge in [-0.15, -0.1) is 0 Å². The monoisotopic (exact) mass is 376 g/mol. The predicted octanol–water partition coefficient (Wildman–Crippen LogP) is 2.74. The molecule has 1 unspecified atom stereocenters. The molecule has 2 heterocycles. The summed E-state index contributed by atoms with van der Waals surface area (Å²) in [7, 11) is 2.11. The number of hydrogen-bond acceptors (Lipinski definition) is 5. The zero-order valence-electron chi connectivity index (χ0n) is 11.6. The van der Waals surface area contributed by atoms with E-state index >= 15 is 0 Å². The van der Waals surface area contributed by atoms with E-state index in [4.69, 9.17) is 4.52 Å². The lowest BCUT2D eigenvalue weighted by molar-refractivity contribution is 0.125. The van der Waals surface area contributed by atoms with Gasteiger partial charge in [0.2, 0.25) is 0 Å². The predicted molar refractivity (Wildman–Crippen MR) is 83.7 cm³/mol. The lowest BCUT2D eigenvalue weighted by Crippen LogP contribution is -2.43. The van der Waals surface area contributed by atoms with Crippen LogP contribution >= 0.6 is 22.9 Å². The molecule has 1 atom stereocenters. The fraction of sp³-hybridized carbons (Fsp3) is 0.692. The maximum atomic E-state index is 5.18. The third kappa shape index (κ3) is 4.25. The van der Waals surface area contributed by atoms with E-state index in [0.717, 1.165) is 31.0 Å².